The van der Waals surface area contributed by atoms with Crippen molar-refractivity contribution in [2.45, 2.75) is 103 Å². The average molecular weight is 439 g/mol. The van der Waals surface area contributed by atoms with Crippen LogP contribution in [-0.4, -0.2) is 36.8 Å². The highest BCUT2D eigenvalue weighted by molar-refractivity contribution is 5.46. The Balaban J connectivity index is 1.65. The number of benzene rings is 1. The maximum atomic E-state index is 13.7. The van der Waals surface area contributed by atoms with E-state index in [0.29, 0.717) is 23.6 Å². The quantitative estimate of drug-likeness (QED) is 0.491. The maximum absolute atomic E-state index is 13.7. The summed E-state index contributed by atoms with van der Waals surface area (Å²) in [6.45, 7) is 6.09. The van der Waals surface area contributed by atoms with Crippen molar-refractivity contribution in [3.8, 4) is 0 Å². The zero-order valence-corrected chi connectivity index (χ0v) is 19.8. The first-order chi connectivity index (χ1) is 14.6. The first-order valence-corrected chi connectivity index (χ1v) is 12.2. The fourth-order valence-corrected chi connectivity index (χ4v) is 5.82. The van der Waals surface area contributed by atoms with Crippen LogP contribution in [0.15, 0.2) is 24.3 Å². The predicted octanol–water partition coefficient (Wildman–Crippen LogP) is 7.61. The molecule has 5 heteroatoms. The summed E-state index contributed by atoms with van der Waals surface area (Å²) in [7, 11) is 2.28. The van der Waals surface area contributed by atoms with Gasteiger partial charge in [0.15, 0.2) is 0 Å². The van der Waals surface area contributed by atoms with E-state index in [9.17, 15) is 13.2 Å². The van der Waals surface area contributed by atoms with Crippen LogP contribution in [0.3, 0.4) is 0 Å². The van der Waals surface area contributed by atoms with E-state index in [2.05, 4.69) is 17.3 Å². The molecule has 2 aliphatic rings. The zero-order valence-electron chi connectivity index (χ0n) is 19.8. The highest BCUT2D eigenvalue weighted by Gasteiger charge is 2.47. The Kier molecular flexibility index (Phi) is 7.99. The van der Waals surface area contributed by atoms with E-state index < -0.39 is 17.5 Å². The predicted molar refractivity (Wildman–Crippen MR) is 124 cm³/mol. The van der Waals surface area contributed by atoms with Gasteiger partial charge < -0.3 is 10.2 Å². The molecule has 3 atom stereocenters. The molecule has 0 aromatic heterocycles. The summed E-state index contributed by atoms with van der Waals surface area (Å²) in [5.41, 5.74) is 0.421. The number of rotatable bonds is 6. The molecule has 0 aliphatic heterocycles. The first kappa shape index (κ1) is 24.4. The molecule has 2 fully saturated rings. The van der Waals surface area contributed by atoms with Crippen LogP contribution in [0.5, 0.6) is 0 Å². The minimum atomic E-state index is -4.24. The van der Waals surface area contributed by atoms with Gasteiger partial charge in [0.2, 0.25) is 0 Å². The molecular formula is C26H41F3N2. The Labute approximate surface area is 187 Å². The van der Waals surface area contributed by atoms with Crippen molar-refractivity contribution in [1.82, 2.24) is 4.90 Å². The summed E-state index contributed by atoms with van der Waals surface area (Å²) in [5.74, 6) is -0.863. The summed E-state index contributed by atoms with van der Waals surface area (Å²) in [6.07, 6.45) is 7.32. The molecule has 0 heterocycles. The lowest BCUT2D eigenvalue weighted by Gasteiger charge is -2.39. The van der Waals surface area contributed by atoms with Crippen molar-refractivity contribution in [1.29, 1.82) is 0 Å². The van der Waals surface area contributed by atoms with Crippen LogP contribution in [0, 0.1) is 11.3 Å². The molecule has 3 unspecified atom stereocenters. The minimum absolute atomic E-state index is 0.350. The number of anilines is 1. The standard InChI is InChI=1S/C26H41F3N2/c1-25(2,3)24(26(27,28)29)19-14-16-21(17-15-19)30-23-13-9-8-10-20(23)18-31(4)22-11-6-5-7-12-22/h14-17,20,22-24,30H,5-13,18H2,1-4H3. The Morgan fingerprint density at radius 2 is 1.48 bits per heavy atom. The van der Waals surface area contributed by atoms with Gasteiger partial charge in [0.1, 0.15) is 0 Å². The van der Waals surface area contributed by atoms with Gasteiger partial charge in [-0.15, -0.1) is 0 Å². The van der Waals surface area contributed by atoms with E-state index in [0.717, 1.165) is 18.7 Å². The lowest BCUT2D eigenvalue weighted by molar-refractivity contribution is -0.171. The van der Waals surface area contributed by atoms with Gasteiger partial charge in [-0.3, -0.25) is 0 Å². The van der Waals surface area contributed by atoms with E-state index in [1.165, 1.54) is 51.4 Å². The second-order valence-corrected chi connectivity index (χ2v) is 11.0. The van der Waals surface area contributed by atoms with Gasteiger partial charge in [-0.2, -0.15) is 13.2 Å². The second-order valence-electron chi connectivity index (χ2n) is 11.0. The molecule has 2 nitrogen and oxygen atoms in total. The second kappa shape index (κ2) is 10.1. The van der Waals surface area contributed by atoms with Crippen molar-refractivity contribution < 1.29 is 13.2 Å². The third kappa shape index (κ3) is 6.63. The van der Waals surface area contributed by atoms with Crippen molar-refractivity contribution in [2.24, 2.45) is 11.3 Å². The third-order valence-corrected chi connectivity index (χ3v) is 7.42. The molecule has 1 N–H and O–H groups in total. The molecular weight excluding hydrogens is 397 g/mol. The molecule has 1 aromatic rings. The van der Waals surface area contributed by atoms with Crippen LogP contribution >= 0.6 is 0 Å². The zero-order chi connectivity index (χ0) is 22.6. The SMILES string of the molecule is CN(CC1CCCCC1Nc1ccc(C(C(C)(C)C)C(F)(F)F)cc1)C1CCCCC1. The van der Waals surface area contributed by atoms with Crippen molar-refractivity contribution in [3.63, 3.8) is 0 Å². The Hall–Kier alpha value is -1.23. The first-order valence-electron chi connectivity index (χ1n) is 12.2. The molecule has 1 aromatic carbocycles. The molecule has 2 aliphatic carbocycles. The van der Waals surface area contributed by atoms with E-state index in [4.69, 9.17) is 0 Å². The summed E-state index contributed by atoms with van der Waals surface area (Å²) >= 11 is 0. The molecule has 0 radical (unpaired) electrons. The van der Waals surface area contributed by atoms with Gasteiger partial charge in [-0.1, -0.05) is 65.0 Å². The number of hydrogen-bond acceptors (Lipinski definition) is 2. The molecule has 0 spiro atoms. The third-order valence-electron chi connectivity index (χ3n) is 7.42. The van der Waals surface area contributed by atoms with Gasteiger partial charge in [0.25, 0.3) is 0 Å². The summed E-state index contributed by atoms with van der Waals surface area (Å²) in [6, 6.07) is 8.13. The number of alkyl halides is 3. The molecule has 3 rings (SSSR count). The lowest BCUT2D eigenvalue weighted by atomic mass is 9.76. The van der Waals surface area contributed by atoms with Crippen LogP contribution in [-0.2, 0) is 0 Å². The normalized spacial score (nSPS) is 24.9. The number of hydrogen-bond donors (Lipinski definition) is 1. The fraction of sp³-hybridized carbons (Fsp3) is 0.769. The fourth-order valence-electron chi connectivity index (χ4n) is 5.82. The van der Waals surface area contributed by atoms with Crippen molar-refractivity contribution in [3.05, 3.63) is 29.8 Å². The molecule has 176 valence electrons. The summed E-state index contributed by atoms with van der Waals surface area (Å²) in [4.78, 5) is 2.57. The average Bonchev–Trinajstić information content (AvgIpc) is 2.69. The molecule has 31 heavy (non-hydrogen) atoms. The minimum Gasteiger partial charge on any atom is -0.382 e. The van der Waals surface area contributed by atoms with E-state index >= 15 is 0 Å². The number of halogens is 3. The van der Waals surface area contributed by atoms with Crippen LogP contribution < -0.4 is 5.32 Å². The van der Waals surface area contributed by atoms with E-state index in [1.807, 2.05) is 12.1 Å². The van der Waals surface area contributed by atoms with Gasteiger partial charge in [-0.25, -0.2) is 0 Å². The Morgan fingerprint density at radius 3 is 2.06 bits per heavy atom. The lowest BCUT2D eigenvalue weighted by Crippen LogP contribution is -2.43. The van der Waals surface area contributed by atoms with Crippen LogP contribution in [0.25, 0.3) is 0 Å². The summed E-state index contributed by atoms with van der Waals surface area (Å²) in [5, 5.41) is 3.67. The smallest absolute Gasteiger partial charge is 0.382 e. The highest BCUT2D eigenvalue weighted by Crippen LogP contribution is 2.47. The molecule has 0 saturated heterocycles. The van der Waals surface area contributed by atoms with Gasteiger partial charge in [0.05, 0.1) is 5.92 Å². The Bertz CT molecular complexity index is 657. The molecule has 0 amide bonds. The van der Waals surface area contributed by atoms with Gasteiger partial charge in [0, 0.05) is 24.3 Å². The van der Waals surface area contributed by atoms with Crippen LogP contribution in [0.2, 0.25) is 0 Å². The molecule has 0 bridgehead atoms. The largest absolute Gasteiger partial charge is 0.396 e. The van der Waals surface area contributed by atoms with Crippen molar-refractivity contribution >= 4 is 5.69 Å². The highest BCUT2D eigenvalue weighted by atomic mass is 19.4. The van der Waals surface area contributed by atoms with E-state index in [1.54, 1.807) is 32.9 Å². The monoisotopic (exact) mass is 438 g/mol. The van der Waals surface area contributed by atoms with Crippen LogP contribution in [0.4, 0.5) is 18.9 Å². The number of nitrogens with zero attached hydrogens (tertiary/aromatic N) is 1. The van der Waals surface area contributed by atoms with Gasteiger partial charge in [-0.05, 0) is 61.8 Å². The Morgan fingerprint density at radius 1 is 0.903 bits per heavy atom. The number of nitrogens with one attached hydrogen (secondary N) is 1. The van der Waals surface area contributed by atoms with Crippen molar-refractivity contribution in [2.75, 3.05) is 18.9 Å². The van der Waals surface area contributed by atoms with E-state index in [-0.39, 0.29) is 0 Å². The van der Waals surface area contributed by atoms with Gasteiger partial charge >= 0.3 is 6.18 Å². The topological polar surface area (TPSA) is 15.3 Å². The summed E-state index contributed by atoms with van der Waals surface area (Å²) < 4.78 is 41.0. The molecule has 2 saturated carbocycles. The van der Waals surface area contributed by atoms with Crippen LogP contribution in [0.1, 0.15) is 90.0 Å². The maximum Gasteiger partial charge on any atom is 0.396 e.